The number of pyridine rings is 1. The maximum atomic E-state index is 13.5. The number of carboxylic acid groups (broad SMARTS) is 1. The summed E-state index contributed by atoms with van der Waals surface area (Å²) in [7, 11) is -3.52. The monoisotopic (exact) mass is 574 g/mol. The summed E-state index contributed by atoms with van der Waals surface area (Å²) >= 11 is 5.77. The van der Waals surface area contributed by atoms with Crippen LogP contribution in [0.15, 0.2) is 39.9 Å². The van der Waals surface area contributed by atoms with E-state index in [9.17, 15) is 40.1 Å². The van der Waals surface area contributed by atoms with Crippen LogP contribution in [0.4, 0.5) is 42.5 Å². The number of rotatable bonds is 4. The lowest BCUT2D eigenvalue weighted by atomic mass is 10.0. The summed E-state index contributed by atoms with van der Waals surface area (Å²) in [6.45, 7) is -1.60. The number of hydrogen-bond acceptors (Lipinski definition) is 6. The van der Waals surface area contributed by atoms with Gasteiger partial charge < -0.3 is 20.1 Å². The standard InChI is InChI=1S/C20H17ClF6N4O5S/c1-37(35,30-18(33)34)16-6-10(2-3-28-16)29-17(32)11-7-13(21)12(19(22,23)24)8-14(11)31-4-5-36-15(9-31)20(25,26)27/h2-3,6-8,15H,4-5,9H2,1H3,(H,33,34)(H,28,29,32). The quantitative estimate of drug-likeness (QED) is 0.498. The molecule has 2 heterocycles. The normalized spacial score (nSPS) is 18.2. The zero-order chi connectivity index (χ0) is 27.8. The van der Waals surface area contributed by atoms with E-state index < -0.39 is 75.2 Å². The lowest BCUT2D eigenvalue weighted by Crippen LogP contribution is -2.49. The molecule has 1 saturated heterocycles. The summed E-state index contributed by atoms with van der Waals surface area (Å²) in [5.41, 5.74) is -2.40. The van der Waals surface area contributed by atoms with Gasteiger partial charge in [0, 0.05) is 24.7 Å². The van der Waals surface area contributed by atoms with Gasteiger partial charge in [-0.3, -0.25) is 4.79 Å². The zero-order valence-corrected chi connectivity index (χ0v) is 20.1. The number of morpholine rings is 1. The van der Waals surface area contributed by atoms with Gasteiger partial charge in [-0.15, -0.1) is 4.36 Å². The van der Waals surface area contributed by atoms with Crippen molar-refractivity contribution in [1.29, 1.82) is 0 Å². The van der Waals surface area contributed by atoms with Crippen LogP contribution in [0.5, 0.6) is 0 Å². The number of alkyl halides is 6. The van der Waals surface area contributed by atoms with E-state index in [4.69, 9.17) is 16.7 Å². The fourth-order valence-electron chi connectivity index (χ4n) is 3.38. The second-order valence-electron chi connectivity index (χ2n) is 7.71. The molecule has 1 aliphatic rings. The third-order valence-electron chi connectivity index (χ3n) is 5.04. The second-order valence-corrected chi connectivity index (χ2v) is 10.3. The van der Waals surface area contributed by atoms with Crippen LogP contribution in [0.3, 0.4) is 0 Å². The molecule has 37 heavy (non-hydrogen) atoms. The van der Waals surface area contributed by atoms with E-state index in [-0.39, 0.29) is 17.3 Å². The molecule has 2 amide bonds. The number of ether oxygens (including phenoxy) is 1. The fourth-order valence-corrected chi connectivity index (χ4v) is 4.64. The van der Waals surface area contributed by atoms with Crippen LogP contribution >= 0.6 is 11.6 Å². The Hall–Kier alpha value is -3.11. The molecule has 9 nitrogen and oxygen atoms in total. The maximum Gasteiger partial charge on any atom is 0.439 e. The largest absolute Gasteiger partial charge is 0.463 e. The number of carbonyl (C=O) groups is 2. The third kappa shape index (κ3) is 6.81. The molecule has 2 atom stereocenters. The molecule has 1 fully saturated rings. The van der Waals surface area contributed by atoms with Crippen molar-refractivity contribution in [2.45, 2.75) is 23.5 Å². The van der Waals surface area contributed by atoms with E-state index in [0.29, 0.717) is 12.1 Å². The minimum atomic E-state index is -4.97. The Labute approximate surface area is 210 Å². The van der Waals surface area contributed by atoms with Gasteiger partial charge in [0.25, 0.3) is 5.91 Å². The molecular formula is C20H17ClF6N4O5S. The summed E-state index contributed by atoms with van der Waals surface area (Å²) in [5.74, 6) is -1.06. The molecule has 2 aromatic rings. The lowest BCUT2D eigenvalue weighted by molar-refractivity contribution is -0.221. The molecule has 0 radical (unpaired) electrons. The van der Waals surface area contributed by atoms with E-state index in [2.05, 4.69) is 19.4 Å². The lowest BCUT2D eigenvalue weighted by Gasteiger charge is -2.36. The van der Waals surface area contributed by atoms with Crippen molar-refractivity contribution in [3.63, 3.8) is 0 Å². The molecule has 0 aliphatic carbocycles. The number of carbonyl (C=O) groups excluding carboxylic acids is 1. The zero-order valence-electron chi connectivity index (χ0n) is 18.6. The Morgan fingerprint density at radius 2 is 1.92 bits per heavy atom. The number of nitrogens with one attached hydrogen (secondary N) is 1. The highest BCUT2D eigenvalue weighted by molar-refractivity contribution is 7.93. The minimum absolute atomic E-state index is 0.0951. The molecule has 0 spiro atoms. The fraction of sp³-hybridized carbons (Fsp3) is 0.350. The second kappa shape index (κ2) is 10.3. The summed E-state index contributed by atoms with van der Waals surface area (Å²) < 4.78 is 100. The summed E-state index contributed by atoms with van der Waals surface area (Å²) in [5, 5.41) is 9.91. The van der Waals surface area contributed by atoms with Gasteiger partial charge in [0.2, 0.25) is 0 Å². The van der Waals surface area contributed by atoms with Gasteiger partial charge in [-0.1, -0.05) is 11.6 Å². The highest BCUT2D eigenvalue weighted by Crippen LogP contribution is 2.40. The van der Waals surface area contributed by atoms with Crippen LogP contribution in [0.2, 0.25) is 5.02 Å². The average molecular weight is 575 g/mol. The third-order valence-corrected chi connectivity index (χ3v) is 6.86. The molecule has 1 aromatic heterocycles. The first kappa shape index (κ1) is 28.5. The average Bonchev–Trinajstić information content (AvgIpc) is 2.77. The van der Waals surface area contributed by atoms with Crippen LogP contribution in [0, 0.1) is 0 Å². The van der Waals surface area contributed by atoms with E-state index in [1.54, 1.807) is 0 Å². The Kier molecular flexibility index (Phi) is 7.95. The Bertz CT molecular complexity index is 1340. The minimum Gasteiger partial charge on any atom is -0.463 e. The van der Waals surface area contributed by atoms with E-state index >= 15 is 0 Å². The molecule has 2 N–H and O–H groups in total. The highest BCUT2D eigenvalue weighted by Gasteiger charge is 2.44. The van der Waals surface area contributed by atoms with Crippen molar-refractivity contribution in [2.75, 3.05) is 36.2 Å². The Morgan fingerprint density at radius 1 is 1.24 bits per heavy atom. The Balaban J connectivity index is 2.04. The van der Waals surface area contributed by atoms with Gasteiger partial charge in [-0.2, -0.15) is 26.3 Å². The van der Waals surface area contributed by atoms with Crippen molar-refractivity contribution in [1.82, 2.24) is 4.98 Å². The molecule has 0 bridgehead atoms. The number of hydrogen-bond donors (Lipinski definition) is 2. The number of aromatic nitrogens is 1. The van der Waals surface area contributed by atoms with Gasteiger partial charge in [0.1, 0.15) is 14.8 Å². The van der Waals surface area contributed by atoms with Crippen molar-refractivity contribution < 1.29 is 50.0 Å². The number of benzene rings is 1. The summed E-state index contributed by atoms with van der Waals surface area (Å²) in [6, 6.07) is 3.40. The van der Waals surface area contributed by atoms with E-state index in [0.717, 1.165) is 23.4 Å². The number of halogens is 7. The molecule has 17 heteroatoms. The van der Waals surface area contributed by atoms with Crippen LogP contribution in [-0.2, 0) is 20.6 Å². The SMILES string of the molecule is CS(=O)(=NC(=O)O)c1cc(NC(=O)c2cc(Cl)c(C(F)(F)F)cc2N2CCOC(C(F)(F)F)C2)ccn1. The van der Waals surface area contributed by atoms with Crippen molar-refractivity contribution in [2.24, 2.45) is 4.36 Å². The first-order chi connectivity index (χ1) is 17.0. The van der Waals surface area contributed by atoms with Crippen molar-refractivity contribution in [3.8, 4) is 0 Å². The predicted octanol–water partition coefficient (Wildman–Crippen LogP) is 4.91. The number of anilines is 2. The predicted molar refractivity (Wildman–Crippen MR) is 119 cm³/mol. The van der Waals surface area contributed by atoms with Crippen LogP contribution in [-0.4, -0.2) is 64.5 Å². The van der Waals surface area contributed by atoms with Gasteiger partial charge >= 0.3 is 18.4 Å². The molecular weight excluding hydrogens is 558 g/mol. The molecule has 1 aromatic carbocycles. The summed E-state index contributed by atoms with van der Waals surface area (Å²) in [4.78, 5) is 28.6. The van der Waals surface area contributed by atoms with Crippen LogP contribution in [0.1, 0.15) is 15.9 Å². The van der Waals surface area contributed by atoms with E-state index in [1.165, 1.54) is 6.07 Å². The molecule has 0 saturated carbocycles. The molecule has 1 aliphatic heterocycles. The summed E-state index contributed by atoms with van der Waals surface area (Å²) in [6.07, 6.45) is -11.7. The van der Waals surface area contributed by atoms with Crippen molar-refractivity contribution >= 4 is 44.7 Å². The number of amides is 2. The van der Waals surface area contributed by atoms with Gasteiger partial charge in [0.05, 0.1) is 35.0 Å². The number of nitrogens with zero attached hydrogens (tertiary/aromatic N) is 3. The molecule has 3 rings (SSSR count). The topological polar surface area (TPSA) is 121 Å². The van der Waals surface area contributed by atoms with Crippen LogP contribution < -0.4 is 10.2 Å². The molecule has 2 unspecified atom stereocenters. The van der Waals surface area contributed by atoms with E-state index in [1.807, 2.05) is 0 Å². The molecule has 202 valence electrons. The highest BCUT2D eigenvalue weighted by atomic mass is 35.5. The van der Waals surface area contributed by atoms with Crippen LogP contribution in [0.25, 0.3) is 0 Å². The van der Waals surface area contributed by atoms with Gasteiger partial charge in [0.15, 0.2) is 6.10 Å². The smallest absolute Gasteiger partial charge is 0.439 e. The van der Waals surface area contributed by atoms with Gasteiger partial charge in [-0.05, 0) is 24.3 Å². The first-order valence-electron chi connectivity index (χ1n) is 10.1. The first-order valence-corrected chi connectivity index (χ1v) is 12.4. The maximum absolute atomic E-state index is 13.5. The van der Waals surface area contributed by atoms with Gasteiger partial charge in [-0.25, -0.2) is 14.0 Å². The Morgan fingerprint density at radius 3 is 2.51 bits per heavy atom. The van der Waals surface area contributed by atoms with Crippen molar-refractivity contribution in [3.05, 3.63) is 46.6 Å².